The molecular formula is C30H34ClN3O2. The molecule has 0 atom stereocenters. The van der Waals surface area contributed by atoms with Gasteiger partial charge in [-0.1, -0.05) is 60.5 Å². The van der Waals surface area contributed by atoms with Gasteiger partial charge in [0.1, 0.15) is 11.6 Å². The maximum Gasteiger partial charge on any atom is 0.224 e. The molecule has 3 aromatic carbocycles. The standard InChI is InChI=1S/C30H34ClN3O2/c1-23-21-25(16-17-26(23)31)36-20-10-19-34-28-14-8-7-13-27(28)33-29(34)15-6-3-9-18-32-30(35)22-24-11-4-2-5-12-24/h2,4-5,7-8,11-14,16-17,21H,3,6,9-10,15,18-20,22H2,1H3,(H,32,35). The molecule has 4 rings (SSSR count). The number of aromatic nitrogens is 2. The number of hydrogen-bond donors (Lipinski definition) is 1. The van der Waals surface area contributed by atoms with Crippen molar-refractivity contribution in [2.45, 2.75) is 52.0 Å². The second-order valence-electron chi connectivity index (χ2n) is 9.10. The van der Waals surface area contributed by atoms with Crippen LogP contribution in [0.4, 0.5) is 0 Å². The van der Waals surface area contributed by atoms with E-state index in [4.69, 9.17) is 21.3 Å². The number of nitrogens with one attached hydrogen (secondary N) is 1. The fourth-order valence-electron chi connectivity index (χ4n) is 4.34. The number of carbonyl (C=O) groups is 1. The molecule has 0 bridgehead atoms. The van der Waals surface area contributed by atoms with Crippen LogP contribution >= 0.6 is 11.6 Å². The van der Waals surface area contributed by atoms with E-state index in [1.807, 2.05) is 61.5 Å². The van der Waals surface area contributed by atoms with Crippen molar-refractivity contribution in [3.05, 3.63) is 94.8 Å². The van der Waals surface area contributed by atoms with Gasteiger partial charge < -0.3 is 14.6 Å². The van der Waals surface area contributed by atoms with Crippen molar-refractivity contribution < 1.29 is 9.53 Å². The van der Waals surface area contributed by atoms with Crippen LogP contribution < -0.4 is 10.1 Å². The van der Waals surface area contributed by atoms with Crippen molar-refractivity contribution in [1.29, 1.82) is 0 Å². The van der Waals surface area contributed by atoms with E-state index in [0.29, 0.717) is 19.6 Å². The second kappa shape index (κ2) is 13.1. The van der Waals surface area contributed by atoms with Gasteiger partial charge >= 0.3 is 0 Å². The summed E-state index contributed by atoms with van der Waals surface area (Å²) in [6.07, 6.45) is 5.31. The van der Waals surface area contributed by atoms with Gasteiger partial charge in [0.15, 0.2) is 0 Å². The van der Waals surface area contributed by atoms with Gasteiger partial charge in [0.25, 0.3) is 0 Å². The first kappa shape index (κ1) is 25.8. The lowest BCUT2D eigenvalue weighted by molar-refractivity contribution is -0.120. The molecule has 188 valence electrons. The van der Waals surface area contributed by atoms with E-state index >= 15 is 0 Å². The molecule has 0 aliphatic rings. The molecule has 0 saturated heterocycles. The van der Waals surface area contributed by atoms with Gasteiger partial charge in [0.2, 0.25) is 5.91 Å². The Kier molecular flexibility index (Phi) is 9.40. The third-order valence-corrected chi connectivity index (χ3v) is 6.69. The fourth-order valence-corrected chi connectivity index (χ4v) is 4.46. The summed E-state index contributed by atoms with van der Waals surface area (Å²) in [5.74, 6) is 2.05. The van der Waals surface area contributed by atoms with Crippen LogP contribution in [-0.2, 0) is 24.2 Å². The Labute approximate surface area is 218 Å². The van der Waals surface area contributed by atoms with Crippen LogP contribution in [-0.4, -0.2) is 28.6 Å². The molecule has 1 N–H and O–H groups in total. The zero-order valence-electron chi connectivity index (χ0n) is 20.9. The van der Waals surface area contributed by atoms with E-state index < -0.39 is 0 Å². The van der Waals surface area contributed by atoms with Crippen LogP contribution in [0.1, 0.15) is 42.6 Å². The minimum Gasteiger partial charge on any atom is -0.494 e. The number of halogens is 1. The molecule has 0 fully saturated rings. The van der Waals surface area contributed by atoms with Crippen molar-refractivity contribution in [3.8, 4) is 5.75 Å². The normalized spacial score (nSPS) is 11.1. The predicted molar refractivity (Wildman–Crippen MR) is 147 cm³/mol. The number of hydrogen-bond acceptors (Lipinski definition) is 3. The average molecular weight is 504 g/mol. The van der Waals surface area contributed by atoms with E-state index in [-0.39, 0.29) is 5.91 Å². The minimum atomic E-state index is 0.0824. The molecule has 1 aromatic heterocycles. The lowest BCUT2D eigenvalue weighted by Gasteiger charge is -2.11. The lowest BCUT2D eigenvalue weighted by atomic mass is 10.1. The number of para-hydroxylation sites is 2. The number of ether oxygens (including phenoxy) is 1. The number of unbranched alkanes of at least 4 members (excludes halogenated alkanes) is 2. The van der Waals surface area contributed by atoms with Crippen molar-refractivity contribution in [2.24, 2.45) is 0 Å². The third kappa shape index (κ3) is 7.34. The Bertz CT molecular complexity index is 1270. The average Bonchev–Trinajstić information content (AvgIpc) is 3.24. The summed E-state index contributed by atoms with van der Waals surface area (Å²) in [6.45, 7) is 4.19. The molecule has 0 spiro atoms. The Morgan fingerprint density at radius 1 is 0.972 bits per heavy atom. The highest BCUT2D eigenvalue weighted by Gasteiger charge is 2.10. The molecule has 0 aliphatic carbocycles. The molecule has 0 radical (unpaired) electrons. The van der Waals surface area contributed by atoms with Crippen molar-refractivity contribution in [1.82, 2.24) is 14.9 Å². The van der Waals surface area contributed by atoms with Crippen LogP contribution in [0.15, 0.2) is 72.8 Å². The number of rotatable bonds is 13. The smallest absolute Gasteiger partial charge is 0.224 e. The quantitative estimate of drug-likeness (QED) is 0.211. The van der Waals surface area contributed by atoms with Crippen LogP contribution in [0.2, 0.25) is 5.02 Å². The number of fused-ring (bicyclic) bond motifs is 1. The first-order valence-electron chi connectivity index (χ1n) is 12.7. The van der Waals surface area contributed by atoms with E-state index in [1.54, 1.807) is 0 Å². The van der Waals surface area contributed by atoms with Crippen LogP contribution in [0, 0.1) is 6.92 Å². The number of nitrogens with zero attached hydrogens (tertiary/aromatic N) is 2. The molecule has 6 heteroatoms. The monoisotopic (exact) mass is 503 g/mol. The van der Waals surface area contributed by atoms with Gasteiger partial charge in [-0.05, 0) is 67.6 Å². The molecule has 0 unspecified atom stereocenters. The summed E-state index contributed by atoms with van der Waals surface area (Å²) in [5, 5.41) is 3.79. The first-order chi connectivity index (χ1) is 17.6. The van der Waals surface area contributed by atoms with Crippen molar-refractivity contribution in [2.75, 3.05) is 13.2 Å². The largest absolute Gasteiger partial charge is 0.494 e. The Morgan fingerprint density at radius 3 is 2.61 bits per heavy atom. The molecule has 5 nitrogen and oxygen atoms in total. The van der Waals surface area contributed by atoms with Gasteiger partial charge in [0.05, 0.1) is 24.1 Å². The number of amides is 1. The first-order valence-corrected chi connectivity index (χ1v) is 13.1. The van der Waals surface area contributed by atoms with Crippen LogP contribution in [0.3, 0.4) is 0 Å². The predicted octanol–water partition coefficient (Wildman–Crippen LogP) is 6.54. The van der Waals surface area contributed by atoms with Gasteiger partial charge in [-0.3, -0.25) is 4.79 Å². The molecule has 4 aromatic rings. The number of aryl methyl sites for hydroxylation is 3. The van der Waals surface area contributed by atoms with Crippen molar-refractivity contribution >= 4 is 28.5 Å². The molecular weight excluding hydrogens is 470 g/mol. The summed E-state index contributed by atoms with van der Waals surface area (Å²) in [5.41, 5.74) is 4.27. The van der Waals surface area contributed by atoms with E-state index in [9.17, 15) is 4.79 Å². The van der Waals surface area contributed by atoms with Gasteiger partial charge in [0, 0.05) is 24.5 Å². The van der Waals surface area contributed by atoms with E-state index in [0.717, 1.165) is 71.9 Å². The lowest BCUT2D eigenvalue weighted by Crippen LogP contribution is -2.26. The molecule has 0 aliphatic heterocycles. The Morgan fingerprint density at radius 2 is 1.78 bits per heavy atom. The van der Waals surface area contributed by atoms with E-state index in [2.05, 4.69) is 28.1 Å². The highest BCUT2D eigenvalue weighted by atomic mass is 35.5. The van der Waals surface area contributed by atoms with Gasteiger partial charge in [-0.2, -0.15) is 0 Å². The van der Waals surface area contributed by atoms with Crippen molar-refractivity contribution in [3.63, 3.8) is 0 Å². The Balaban J connectivity index is 1.22. The molecule has 1 heterocycles. The molecule has 36 heavy (non-hydrogen) atoms. The second-order valence-corrected chi connectivity index (χ2v) is 9.51. The number of benzene rings is 3. The fraction of sp³-hybridized carbons (Fsp3) is 0.333. The van der Waals surface area contributed by atoms with Crippen LogP contribution in [0.25, 0.3) is 11.0 Å². The Hall–Kier alpha value is -3.31. The zero-order chi connectivity index (χ0) is 25.2. The maximum absolute atomic E-state index is 12.1. The van der Waals surface area contributed by atoms with Crippen LogP contribution in [0.5, 0.6) is 5.75 Å². The zero-order valence-corrected chi connectivity index (χ0v) is 21.6. The number of carbonyl (C=O) groups excluding carboxylic acids is 1. The SMILES string of the molecule is Cc1cc(OCCCn2c(CCCCCNC(=O)Cc3ccccc3)nc3ccccc32)ccc1Cl. The number of imidazole rings is 1. The summed E-state index contributed by atoms with van der Waals surface area (Å²) in [4.78, 5) is 17.0. The topological polar surface area (TPSA) is 56.1 Å². The van der Waals surface area contributed by atoms with Gasteiger partial charge in [-0.15, -0.1) is 0 Å². The minimum absolute atomic E-state index is 0.0824. The molecule has 0 saturated carbocycles. The maximum atomic E-state index is 12.1. The summed E-state index contributed by atoms with van der Waals surface area (Å²) in [7, 11) is 0. The van der Waals surface area contributed by atoms with Gasteiger partial charge in [-0.25, -0.2) is 4.98 Å². The molecule has 1 amide bonds. The van der Waals surface area contributed by atoms with E-state index in [1.165, 1.54) is 5.52 Å². The summed E-state index contributed by atoms with van der Waals surface area (Å²) < 4.78 is 8.27. The highest BCUT2D eigenvalue weighted by molar-refractivity contribution is 6.31. The summed E-state index contributed by atoms with van der Waals surface area (Å²) in [6, 6.07) is 23.9. The summed E-state index contributed by atoms with van der Waals surface area (Å²) >= 11 is 6.11. The third-order valence-electron chi connectivity index (χ3n) is 6.26. The highest BCUT2D eigenvalue weighted by Crippen LogP contribution is 2.22.